The van der Waals surface area contributed by atoms with Crippen LogP contribution in [0.5, 0.6) is 0 Å². The Hall–Kier alpha value is -1.77. The fourth-order valence-corrected chi connectivity index (χ4v) is 4.22. The third-order valence-electron chi connectivity index (χ3n) is 4.44. The second-order valence-corrected chi connectivity index (χ2v) is 8.06. The molecule has 6 nitrogen and oxygen atoms in total. The Morgan fingerprint density at radius 2 is 2.12 bits per heavy atom. The lowest BCUT2D eigenvalue weighted by molar-refractivity contribution is 0.0280. The van der Waals surface area contributed by atoms with Crippen molar-refractivity contribution >= 4 is 10.0 Å². The van der Waals surface area contributed by atoms with Gasteiger partial charge in [-0.25, -0.2) is 17.5 Å². The lowest BCUT2D eigenvalue weighted by Crippen LogP contribution is -2.41. The monoisotopic (exact) mass is 353 g/mol. The molecule has 1 aliphatic rings. The molecule has 130 valence electrons. The van der Waals surface area contributed by atoms with Crippen molar-refractivity contribution in [1.82, 2.24) is 14.5 Å². The topological polar surface area (TPSA) is 84.2 Å². The van der Waals surface area contributed by atoms with Crippen molar-refractivity contribution in [2.24, 2.45) is 13.0 Å². The van der Waals surface area contributed by atoms with Gasteiger partial charge >= 0.3 is 0 Å². The fourth-order valence-electron chi connectivity index (χ4n) is 2.92. The minimum Gasteiger partial charge on any atom is -0.393 e. The maximum atomic E-state index is 13.7. The minimum absolute atomic E-state index is 0.0192. The average molecular weight is 353 g/mol. The number of aliphatic hydroxyl groups excluding tert-OH is 1. The van der Waals surface area contributed by atoms with Crippen molar-refractivity contribution in [2.75, 3.05) is 0 Å². The van der Waals surface area contributed by atoms with Crippen molar-refractivity contribution in [1.29, 1.82) is 0 Å². The first kappa shape index (κ1) is 17.1. The van der Waals surface area contributed by atoms with Gasteiger partial charge in [0.05, 0.1) is 23.2 Å². The van der Waals surface area contributed by atoms with E-state index in [0.717, 1.165) is 11.6 Å². The molecule has 8 heteroatoms. The number of hydrogen-bond donors (Lipinski definition) is 2. The Morgan fingerprint density at radius 3 is 2.67 bits per heavy atom. The van der Waals surface area contributed by atoms with E-state index in [1.807, 2.05) is 0 Å². The van der Waals surface area contributed by atoms with E-state index in [-0.39, 0.29) is 10.8 Å². The van der Waals surface area contributed by atoms with Gasteiger partial charge in [0.15, 0.2) is 0 Å². The molecule has 1 atom stereocenters. The fraction of sp³-hybridized carbons (Fsp3) is 0.438. The molecule has 0 spiro atoms. The smallest absolute Gasteiger partial charge is 0.241 e. The van der Waals surface area contributed by atoms with Crippen LogP contribution in [0.15, 0.2) is 35.5 Å². The molecular weight excluding hydrogens is 333 g/mol. The molecule has 0 amide bonds. The summed E-state index contributed by atoms with van der Waals surface area (Å²) in [4.78, 5) is -0.112. The van der Waals surface area contributed by atoms with Crippen molar-refractivity contribution in [2.45, 2.75) is 36.8 Å². The summed E-state index contributed by atoms with van der Waals surface area (Å²) in [6, 6.07) is 3.34. The maximum absolute atomic E-state index is 13.7. The molecule has 0 aliphatic heterocycles. The van der Waals surface area contributed by atoms with Crippen LogP contribution in [0.4, 0.5) is 4.39 Å². The minimum atomic E-state index is -3.89. The van der Waals surface area contributed by atoms with Gasteiger partial charge in [-0.2, -0.15) is 5.10 Å². The molecule has 1 aromatic heterocycles. The van der Waals surface area contributed by atoms with E-state index >= 15 is 0 Å². The van der Waals surface area contributed by atoms with Crippen LogP contribution in [0.1, 0.15) is 30.0 Å². The Morgan fingerprint density at radius 1 is 1.42 bits per heavy atom. The van der Waals surface area contributed by atoms with Crippen molar-refractivity contribution in [3.63, 3.8) is 0 Å². The molecule has 24 heavy (non-hydrogen) atoms. The average Bonchev–Trinajstić information content (AvgIpc) is 2.91. The van der Waals surface area contributed by atoms with Gasteiger partial charge in [0.2, 0.25) is 10.0 Å². The van der Waals surface area contributed by atoms with E-state index in [2.05, 4.69) is 9.82 Å². The summed E-state index contributed by atoms with van der Waals surface area (Å²) in [5.41, 5.74) is 1.12. The molecule has 2 N–H and O–H groups in total. The molecule has 0 bridgehead atoms. The maximum Gasteiger partial charge on any atom is 0.241 e. The SMILES string of the molecule is Cc1ccc(S(=O)(=O)NC(c2cnn(C)c2)C2CC(O)C2)cc1F. The zero-order valence-electron chi connectivity index (χ0n) is 13.5. The molecule has 0 radical (unpaired) electrons. The van der Waals surface area contributed by atoms with Crippen LogP contribution in [-0.2, 0) is 17.1 Å². The Bertz CT molecular complexity index is 844. The molecule has 1 heterocycles. The summed E-state index contributed by atoms with van der Waals surface area (Å²) in [5, 5.41) is 13.6. The summed E-state index contributed by atoms with van der Waals surface area (Å²) in [5.74, 6) is -0.580. The van der Waals surface area contributed by atoms with Crippen molar-refractivity contribution in [3.8, 4) is 0 Å². The highest BCUT2D eigenvalue weighted by Crippen LogP contribution is 2.38. The number of benzene rings is 1. The van der Waals surface area contributed by atoms with E-state index in [0.29, 0.717) is 18.4 Å². The van der Waals surface area contributed by atoms with E-state index < -0.39 is 28.0 Å². The van der Waals surface area contributed by atoms with E-state index in [9.17, 15) is 17.9 Å². The summed E-state index contributed by atoms with van der Waals surface area (Å²) in [6.07, 6.45) is 3.98. The van der Waals surface area contributed by atoms with Crippen LogP contribution in [0.25, 0.3) is 0 Å². The number of aliphatic hydroxyl groups is 1. The quantitative estimate of drug-likeness (QED) is 0.856. The third-order valence-corrected chi connectivity index (χ3v) is 5.88. The summed E-state index contributed by atoms with van der Waals surface area (Å²) in [6.45, 7) is 1.58. The lowest BCUT2D eigenvalue weighted by Gasteiger charge is -2.37. The summed E-state index contributed by atoms with van der Waals surface area (Å²) in [7, 11) is -2.13. The number of hydrogen-bond acceptors (Lipinski definition) is 4. The van der Waals surface area contributed by atoms with Crippen LogP contribution in [0.3, 0.4) is 0 Å². The van der Waals surface area contributed by atoms with Crippen molar-refractivity contribution in [3.05, 3.63) is 47.5 Å². The number of nitrogens with zero attached hydrogens (tertiary/aromatic N) is 2. The molecule has 1 fully saturated rings. The van der Waals surface area contributed by atoms with Crippen LogP contribution in [0.2, 0.25) is 0 Å². The van der Waals surface area contributed by atoms with Gasteiger partial charge < -0.3 is 5.11 Å². The Labute approximate surface area is 140 Å². The van der Waals surface area contributed by atoms with Crippen LogP contribution < -0.4 is 4.72 Å². The van der Waals surface area contributed by atoms with Gasteiger partial charge in [-0.1, -0.05) is 6.07 Å². The highest BCUT2D eigenvalue weighted by atomic mass is 32.2. The molecule has 1 aromatic carbocycles. The Balaban J connectivity index is 1.89. The first-order chi connectivity index (χ1) is 11.3. The van der Waals surface area contributed by atoms with Gasteiger partial charge in [-0.05, 0) is 43.4 Å². The molecule has 0 saturated heterocycles. The highest BCUT2D eigenvalue weighted by Gasteiger charge is 2.37. The molecule has 1 saturated carbocycles. The van der Waals surface area contributed by atoms with Gasteiger partial charge in [0, 0.05) is 18.8 Å². The first-order valence-corrected chi connectivity index (χ1v) is 9.19. The second-order valence-electron chi connectivity index (χ2n) is 6.34. The molecule has 1 unspecified atom stereocenters. The summed E-state index contributed by atoms with van der Waals surface area (Å²) < 4.78 is 43.3. The number of nitrogens with one attached hydrogen (secondary N) is 1. The number of halogens is 1. The van der Waals surface area contributed by atoms with Gasteiger partial charge in [0.1, 0.15) is 5.82 Å². The normalized spacial score (nSPS) is 22.2. The number of aryl methyl sites for hydroxylation is 2. The third kappa shape index (κ3) is 3.35. The van der Waals surface area contributed by atoms with Crippen molar-refractivity contribution < 1.29 is 17.9 Å². The van der Waals surface area contributed by atoms with E-state index in [1.54, 1.807) is 31.0 Å². The Kier molecular flexibility index (Phi) is 4.46. The molecule has 1 aliphatic carbocycles. The summed E-state index contributed by atoms with van der Waals surface area (Å²) >= 11 is 0. The lowest BCUT2D eigenvalue weighted by atomic mass is 9.76. The highest BCUT2D eigenvalue weighted by molar-refractivity contribution is 7.89. The van der Waals surface area contributed by atoms with Crippen LogP contribution in [-0.4, -0.2) is 29.4 Å². The first-order valence-electron chi connectivity index (χ1n) is 7.71. The number of rotatable bonds is 5. The van der Waals surface area contributed by atoms with E-state index in [4.69, 9.17) is 0 Å². The number of aromatic nitrogens is 2. The zero-order valence-corrected chi connectivity index (χ0v) is 14.3. The largest absolute Gasteiger partial charge is 0.393 e. The molecule has 3 rings (SSSR count). The van der Waals surface area contributed by atoms with Crippen LogP contribution >= 0.6 is 0 Å². The van der Waals surface area contributed by atoms with Gasteiger partial charge in [-0.3, -0.25) is 4.68 Å². The molecule has 2 aromatic rings. The van der Waals surface area contributed by atoms with Gasteiger partial charge in [0.25, 0.3) is 0 Å². The number of sulfonamides is 1. The predicted octanol–water partition coefficient (Wildman–Crippen LogP) is 1.66. The van der Waals surface area contributed by atoms with Crippen LogP contribution in [0, 0.1) is 18.7 Å². The zero-order chi connectivity index (χ0) is 17.5. The predicted molar refractivity (Wildman–Crippen MR) is 86.1 cm³/mol. The van der Waals surface area contributed by atoms with Gasteiger partial charge in [-0.15, -0.1) is 0 Å². The molecular formula is C16H20FN3O3S. The van der Waals surface area contributed by atoms with E-state index in [1.165, 1.54) is 12.1 Å². The second kappa shape index (κ2) is 6.27. The standard InChI is InChI=1S/C16H20FN3O3S/c1-10-3-4-14(7-15(10)17)24(22,23)19-16(11-5-13(21)6-11)12-8-18-20(2)9-12/h3-4,7-9,11,13,16,19,21H,5-6H2,1-2H3.